The van der Waals surface area contributed by atoms with Crippen molar-refractivity contribution in [2.45, 2.75) is 13.5 Å². The number of aryl methyl sites for hydroxylation is 1. The van der Waals surface area contributed by atoms with Crippen molar-refractivity contribution in [1.82, 2.24) is 9.80 Å². The smallest absolute Gasteiger partial charge is 0.333 e. The first-order chi connectivity index (χ1) is 12.9. The number of urea groups is 1. The van der Waals surface area contributed by atoms with Gasteiger partial charge in [-0.3, -0.25) is 19.4 Å². The molecule has 0 bridgehead atoms. The maximum absolute atomic E-state index is 12.2. The van der Waals surface area contributed by atoms with Crippen molar-refractivity contribution in [2.24, 2.45) is 0 Å². The lowest BCUT2D eigenvalue weighted by Gasteiger charge is -2.28. The van der Waals surface area contributed by atoms with E-state index in [1.165, 1.54) is 25.7 Å². The van der Waals surface area contributed by atoms with Gasteiger partial charge < -0.3 is 4.74 Å². The number of imide groups is 2. The normalized spacial score (nSPS) is 14.6. The molecular formula is C21H20N2O4. The average Bonchev–Trinajstić information content (AvgIpc) is 2.69. The standard InChI is InChI=1S/C21H20N2O4/c1-14-4-6-16(7-5-14)13-27-17-10-8-15(9-11-17)12-18-19(24)22(2)21(26)23(3)20(18)25/h4-12H,13H2,1-3H3. The van der Waals surface area contributed by atoms with E-state index >= 15 is 0 Å². The molecule has 1 heterocycles. The van der Waals surface area contributed by atoms with Crippen LogP contribution in [0, 0.1) is 6.92 Å². The van der Waals surface area contributed by atoms with E-state index in [0.717, 1.165) is 15.4 Å². The molecule has 0 saturated carbocycles. The predicted octanol–water partition coefficient (Wildman–Crippen LogP) is 3.01. The van der Waals surface area contributed by atoms with Gasteiger partial charge in [-0.05, 0) is 36.3 Å². The Morgan fingerprint density at radius 3 is 1.96 bits per heavy atom. The fourth-order valence-corrected chi connectivity index (χ4v) is 2.65. The zero-order valence-electron chi connectivity index (χ0n) is 15.4. The molecule has 0 N–H and O–H groups in total. The number of carbonyl (C=O) groups is 3. The molecule has 4 amide bonds. The highest BCUT2D eigenvalue weighted by molar-refractivity contribution is 6.30. The van der Waals surface area contributed by atoms with Crippen LogP contribution < -0.4 is 4.74 Å². The van der Waals surface area contributed by atoms with Gasteiger partial charge in [-0.2, -0.15) is 0 Å². The highest BCUT2D eigenvalue weighted by Gasteiger charge is 2.37. The molecule has 3 rings (SSSR count). The first-order valence-electron chi connectivity index (χ1n) is 8.47. The van der Waals surface area contributed by atoms with E-state index in [0.29, 0.717) is 17.9 Å². The lowest BCUT2D eigenvalue weighted by molar-refractivity contribution is -0.134. The minimum atomic E-state index is -0.637. The Labute approximate surface area is 157 Å². The van der Waals surface area contributed by atoms with Gasteiger partial charge in [0.2, 0.25) is 0 Å². The van der Waals surface area contributed by atoms with E-state index < -0.39 is 17.8 Å². The van der Waals surface area contributed by atoms with E-state index in [2.05, 4.69) is 0 Å². The van der Waals surface area contributed by atoms with E-state index in [-0.39, 0.29) is 5.57 Å². The van der Waals surface area contributed by atoms with Crippen molar-refractivity contribution < 1.29 is 19.1 Å². The number of nitrogens with zero attached hydrogens (tertiary/aromatic N) is 2. The summed E-state index contributed by atoms with van der Waals surface area (Å²) in [4.78, 5) is 38.0. The van der Waals surface area contributed by atoms with Crippen LogP contribution >= 0.6 is 0 Å². The number of rotatable bonds is 4. The summed E-state index contributed by atoms with van der Waals surface area (Å²) in [5, 5.41) is 0. The van der Waals surface area contributed by atoms with Gasteiger partial charge in [-0.1, -0.05) is 42.0 Å². The van der Waals surface area contributed by atoms with Crippen LogP contribution in [0.15, 0.2) is 54.1 Å². The van der Waals surface area contributed by atoms with Gasteiger partial charge in [-0.25, -0.2) is 4.79 Å². The molecule has 1 aliphatic heterocycles. The molecule has 2 aromatic rings. The molecule has 1 aliphatic rings. The summed E-state index contributed by atoms with van der Waals surface area (Å²) in [6.07, 6.45) is 1.48. The first kappa shape index (κ1) is 18.4. The van der Waals surface area contributed by atoms with Crippen molar-refractivity contribution in [3.05, 3.63) is 70.8 Å². The summed E-state index contributed by atoms with van der Waals surface area (Å²) in [6.45, 7) is 2.49. The van der Waals surface area contributed by atoms with Crippen LogP contribution in [0.2, 0.25) is 0 Å². The summed E-state index contributed by atoms with van der Waals surface area (Å²) in [6, 6.07) is 14.5. The number of ether oxygens (including phenoxy) is 1. The number of amides is 4. The second-order valence-electron chi connectivity index (χ2n) is 6.41. The van der Waals surface area contributed by atoms with E-state index in [4.69, 9.17) is 4.74 Å². The van der Waals surface area contributed by atoms with Gasteiger partial charge in [0.1, 0.15) is 17.9 Å². The number of barbiturate groups is 1. The Morgan fingerprint density at radius 1 is 0.852 bits per heavy atom. The van der Waals surface area contributed by atoms with Crippen molar-refractivity contribution in [3.63, 3.8) is 0 Å². The van der Waals surface area contributed by atoms with Crippen LogP contribution in [-0.4, -0.2) is 41.7 Å². The number of likely N-dealkylation sites (N-methyl/N-ethyl adjacent to an activating group) is 2. The maximum atomic E-state index is 12.2. The minimum Gasteiger partial charge on any atom is -0.489 e. The Kier molecular flexibility index (Phi) is 5.07. The second-order valence-corrected chi connectivity index (χ2v) is 6.41. The summed E-state index contributed by atoms with van der Waals surface area (Å²) >= 11 is 0. The molecule has 2 aromatic carbocycles. The number of hydrogen-bond acceptors (Lipinski definition) is 4. The fraction of sp³-hybridized carbons (Fsp3) is 0.190. The Bertz CT molecular complexity index is 888. The molecule has 0 atom stereocenters. The van der Waals surface area contributed by atoms with E-state index in [1.54, 1.807) is 24.3 Å². The van der Waals surface area contributed by atoms with Crippen molar-refractivity contribution in [2.75, 3.05) is 14.1 Å². The molecule has 6 heteroatoms. The summed E-state index contributed by atoms with van der Waals surface area (Å²) in [5.74, 6) is -0.533. The van der Waals surface area contributed by atoms with Crippen molar-refractivity contribution in [1.29, 1.82) is 0 Å². The molecule has 0 aliphatic carbocycles. The van der Waals surface area contributed by atoms with Gasteiger partial charge in [-0.15, -0.1) is 0 Å². The molecule has 1 saturated heterocycles. The lowest BCUT2D eigenvalue weighted by atomic mass is 10.1. The van der Waals surface area contributed by atoms with Crippen LogP contribution in [0.4, 0.5) is 4.79 Å². The lowest BCUT2D eigenvalue weighted by Crippen LogP contribution is -2.52. The van der Waals surface area contributed by atoms with Crippen LogP contribution in [-0.2, 0) is 16.2 Å². The third kappa shape index (κ3) is 3.89. The Hall–Kier alpha value is -3.41. The predicted molar refractivity (Wildman–Crippen MR) is 101 cm³/mol. The van der Waals surface area contributed by atoms with Gasteiger partial charge in [0.25, 0.3) is 11.8 Å². The SMILES string of the molecule is Cc1ccc(COc2ccc(C=C3C(=O)N(C)C(=O)N(C)C3=O)cc2)cc1. The summed E-state index contributed by atoms with van der Waals surface area (Å²) < 4.78 is 5.75. The van der Waals surface area contributed by atoms with Gasteiger partial charge >= 0.3 is 6.03 Å². The Balaban J connectivity index is 1.72. The van der Waals surface area contributed by atoms with Gasteiger partial charge in [0.05, 0.1) is 0 Å². The van der Waals surface area contributed by atoms with Gasteiger partial charge in [0.15, 0.2) is 0 Å². The van der Waals surface area contributed by atoms with E-state index in [1.807, 2.05) is 31.2 Å². The van der Waals surface area contributed by atoms with Crippen LogP contribution in [0.3, 0.4) is 0 Å². The van der Waals surface area contributed by atoms with Crippen LogP contribution in [0.1, 0.15) is 16.7 Å². The second kappa shape index (κ2) is 7.45. The molecule has 0 unspecified atom stereocenters. The van der Waals surface area contributed by atoms with Gasteiger partial charge in [0, 0.05) is 14.1 Å². The average molecular weight is 364 g/mol. The maximum Gasteiger partial charge on any atom is 0.333 e. The fourth-order valence-electron chi connectivity index (χ4n) is 2.65. The molecule has 0 spiro atoms. The third-order valence-electron chi connectivity index (χ3n) is 4.36. The monoisotopic (exact) mass is 364 g/mol. The quantitative estimate of drug-likeness (QED) is 0.618. The topological polar surface area (TPSA) is 66.9 Å². The minimum absolute atomic E-state index is 0.0482. The number of hydrogen-bond donors (Lipinski definition) is 0. The zero-order chi connectivity index (χ0) is 19.6. The van der Waals surface area contributed by atoms with Crippen LogP contribution in [0.25, 0.3) is 6.08 Å². The summed E-state index contributed by atoms with van der Waals surface area (Å²) in [7, 11) is 2.70. The highest BCUT2D eigenvalue weighted by Crippen LogP contribution is 2.20. The van der Waals surface area contributed by atoms with Crippen molar-refractivity contribution in [3.8, 4) is 5.75 Å². The van der Waals surface area contributed by atoms with Crippen molar-refractivity contribution >= 4 is 23.9 Å². The molecular weight excluding hydrogens is 344 g/mol. The third-order valence-corrected chi connectivity index (χ3v) is 4.36. The molecule has 1 fully saturated rings. The first-order valence-corrected chi connectivity index (χ1v) is 8.47. The largest absolute Gasteiger partial charge is 0.489 e. The molecule has 0 radical (unpaired) electrons. The molecule has 6 nitrogen and oxygen atoms in total. The number of benzene rings is 2. The molecule has 27 heavy (non-hydrogen) atoms. The zero-order valence-corrected chi connectivity index (χ0v) is 15.4. The van der Waals surface area contributed by atoms with E-state index in [9.17, 15) is 14.4 Å². The highest BCUT2D eigenvalue weighted by atomic mass is 16.5. The number of carbonyl (C=O) groups excluding carboxylic acids is 3. The summed E-state index contributed by atoms with van der Waals surface area (Å²) in [5.41, 5.74) is 2.89. The molecule has 0 aromatic heterocycles. The van der Waals surface area contributed by atoms with Crippen LogP contribution in [0.5, 0.6) is 5.75 Å². The molecule has 138 valence electrons. The Morgan fingerprint density at radius 2 is 1.41 bits per heavy atom.